The van der Waals surface area contributed by atoms with Crippen molar-refractivity contribution in [3.8, 4) is 17.2 Å². The van der Waals surface area contributed by atoms with Crippen LogP contribution in [0.3, 0.4) is 0 Å². The summed E-state index contributed by atoms with van der Waals surface area (Å²) in [5, 5.41) is 11.8. The average Bonchev–Trinajstić information content (AvgIpc) is 2.85. The Labute approximate surface area is 204 Å². The standard InChI is InChI=1S/C24H23N5O5S/c1-13-5-6-17-15(7-13)11-16(22(30)26-17)12-25-29-23(31)18(27-28-24(29)35)8-14-9-19(32-2)21(34-4)20(10-14)33-3/h5-7,9-12H,8H2,1-4H3,(H,26,30)(H,28,35)/b25-12+. The van der Waals surface area contributed by atoms with Gasteiger partial charge >= 0.3 is 0 Å². The monoisotopic (exact) mass is 493 g/mol. The van der Waals surface area contributed by atoms with Crippen molar-refractivity contribution >= 4 is 29.3 Å². The molecule has 2 aromatic carbocycles. The molecule has 2 aromatic heterocycles. The zero-order chi connectivity index (χ0) is 25.1. The topological polar surface area (TPSA) is 124 Å². The van der Waals surface area contributed by atoms with E-state index < -0.39 is 5.56 Å². The highest BCUT2D eigenvalue weighted by Gasteiger charge is 2.16. The van der Waals surface area contributed by atoms with E-state index in [9.17, 15) is 9.59 Å². The van der Waals surface area contributed by atoms with Crippen molar-refractivity contribution in [3.63, 3.8) is 0 Å². The van der Waals surface area contributed by atoms with E-state index in [-0.39, 0.29) is 28.0 Å². The van der Waals surface area contributed by atoms with Gasteiger partial charge < -0.3 is 19.2 Å². The van der Waals surface area contributed by atoms with Gasteiger partial charge in [0.15, 0.2) is 11.5 Å². The Kier molecular flexibility index (Phi) is 6.78. The predicted octanol–water partition coefficient (Wildman–Crippen LogP) is 2.95. The molecule has 4 rings (SSSR count). The average molecular weight is 494 g/mol. The van der Waals surface area contributed by atoms with Gasteiger partial charge in [-0.15, -0.1) is 0 Å². The Hall–Kier alpha value is -4.25. The highest BCUT2D eigenvalue weighted by Crippen LogP contribution is 2.38. The lowest BCUT2D eigenvalue weighted by molar-refractivity contribution is 0.324. The van der Waals surface area contributed by atoms with E-state index in [2.05, 4.69) is 20.3 Å². The molecule has 0 aliphatic heterocycles. The lowest BCUT2D eigenvalue weighted by Gasteiger charge is -2.14. The number of nitrogens with zero attached hydrogens (tertiary/aromatic N) is 3. The predicted molar refractivity (Wildman–Crippen MR) is 135 cm³/mol. The van der Waals surface area contributed by atoms with E-state index in [1.165, 1.54) is 27.5 Å². The number of H-pyrrole nitrogens is 2. The van der Waals surface area contributed by atoms with Gasteiger partial charge in [-0.05, 0) is 60.4 Å². The van der Waals surface area contributed by atoms with Gasteiger partial charge in [0.1, 0.15) is 5.69 Å². The van der Waals surface area contributed by atoms with E-state index in [0.717, 1.165) is 15.6 Å². The molecule has 0 spiro atoms. The van der Waals surface area contributed by atoms with Crippen molar-refractivity contribution in [2.45, 2.75) is 13.3 Å². The summed E-state index contributed by atoms with van der Waals surface area (Å²) in [6.45, 7) is 1.96. The highest BCUT2D eigenvalue weighted by molar-refractivity contribution is 7.71. The molecule has 0 fully saturated rings. The molecule has 4 aromatic rings. The molecule has 2 N–H and O–H groups in total. The fourth-order valence-corrected chi connectivity index (χ4v) is 3.81. The van der Waals surface area contributed by atoms with Crippen LogP contribution in [-0.4, -0.2) is 47.4 Å². The second-order valence-electron chi connectivity index (χ2n) is 7.69. The van der Waals surface area contributed by atoms with Gasteiger partial charge in [0.2, 0.25) is 10.5 Å². The van der Waals surface area contributed by atoms with Crippen molar-refractivity contribution in [1.29, 1.82) is 0 Å². The first-order valence-electron chi connectivity index (χ1n) is 10.5. The number of hydrogen-bond donors (Lipinski definition) is 2. The molecule has 2 heterocycles. The number of nitrogens with one attached hydrogen (secondary N) is 2. The second kappa shape index (κ2) is 9.94. The Morgan fingerprint density at radius 1 is 1.06 bits per heavy atom. The molecule has 11 heteroatoms. The van der Waals surface area contributed by atoms with Crippen molar-refractivity contribution in [3.05, 3.63) is 84.3 Å². The third-order valence-corrected chi connectivity index (χ3v) is 5.62. The first kappa shape index (κ1) is 23.9. The summed E-state index contributed by atoms with van der Waals surface area (Å²) in [4.78, 5) is 28.4. The molecule has 0 saturated carbocycles. The fraction of sp³-hybridized carbons (Fsp3) is 0.208. The molecule has 180 valence electrons. The fourth-order valence-electron chi connectivity index (χ4n) is 3.63. The Balaban J connectivity index is 1.72. The summed E-state index contributed by atoms with van der Waals surface area (Å²) in [5.41, 5.74) is 2.05. The molecule has 0 saturated heterocycles. The normalized spacial score (nSPS) is 11.2. The van der Waals surface area contributed by atoms with Crippen molar-refractivity contribution in [1.82, 2.24) is 19.9 Å². The van der Waals surface area contributed by atoms with Crippen LogP contribution in [0.1, 0.15) is 22.4 Å². The van der Waals surface area contributed by atoms with Crippen LogP contribution >= 0.6 is 12.2 Å². The van der Waals surface area contributed by atoms with Crippen molar-refractivity contribution < 1.29 is 14.2 Å². The minimum Gasteiger partial charge on any atom is -0.493 e. The second-order valence-corrected chi connectivity index (χ2v) is 8.08. The van der Waals surface area contributed by atoms with Crippen LogP contribution in [0.2, 0.25) is 0 Å². The number of methoxy groups -OCH3 is 3. The maximum atomic E-state index is 13.1. The molecular weight excluding hydrogens is 470 g/mol. The van der Waals surface area contributed by atoms with E-state index in [1.807, 2.05) is 25.1 Å². The number of fused-ring (bicyclic) bond motifs is 1. The highest BCUT2D eigenvalue weighted by atomic mass is 32.1. The van der Waals surface area contributed by atoms with Gasteiger partial charge in [-0.25, -0.2) is 0 Å². The number of pyridine rings is 1. The summed E-state index contributed by atoms with van der Waals surface area (Å²) < 4.78 is 17.1. The maximum absolute atomic E-state index is 13.1. The Morgan fingerprint density at radius 2 is 1.77 bits per heavy atom. The molecule has 35 heavy (non-hydrogen) atoms. The summed E-state index contributed by atoms with van der Waals surface area (Å²) in [7, 11) is 4.53. The maximum Gasteiger partial charge on any atom is 0.297 e. The Bertz CT molecular complexity index is 1590. The number of aromatic amines is 2. The van der Waals surface area contributed by atoms with Crippen LogP contribution in [0.4, 0.5) is 0 Å². The van der Waals surface area contributed by atoms with Gasteiger partial charge in [-0.1, -0.05) is 11.6 Å². The van der Waals surface area contributed by atoms with Crippen LogP contribution in [-0.2, 0) is 6.42 Å². The minimum absolute atomic E-state index is 0.00652. The number of rotatable bonds is 7. The quantitative estimate of drug-likeness (QED) is 0.300. The summed E-state index contributed by atoms with van der Waals surface area (Å²) in [5.74, 6) is 1.35. The first-order chi connectivity index (χ1) is 16.8. The zero-order valence-corrected chi connectivity index (χ0v) is 20.4. The minimum atomic E-state index is -0.521. The summed E-state index contributed by atoms with van der Waals surface area (Å²) in [6, 6.07) is 10.9. The third-order valence-electron chi connectivity index (χ3n) is 5.35. The van der Waals surface area contributed by atoms with Gasteiger partial charge in [-0.2, -0.15) is 14.9 Å². The van der Waals surface area contributed by atoms with Gasteiger partial charge in [-0.3, -0.25) is 14.7 Å². The van der Waals surface area contributed by atoms with E-state index in [1.54, 1.807) is 18.2 Å². The van der Waals surface area contributed by atoms with E-state index >= 15 is 0 Å². The molecule has 0 bridgehead atoms. The van der Waals surface area contributed by atoms with E-state index in [4.69, 9.17) is 26.4 Å². The number of aromatic nitrogens is 4. The molecule has 0 atom stereocenters. The van der Waals surface area contributed by atoms with Crippen molar-refractivity contribution in [2.24, 2.45) is 5.10 Å². The van der Waals surface area contributed by atoms with Crippen LogP contribution in [0.5, 0.6) is 17.2 Å². The third kappa shape index (κ3) is 4.85. The lowest BCUT2D eigenvalue weighted by Crippen LogP contribution is -2.25. The SMILES string of the molecule is COc1cc(Cc2n[nH]c(=S)n(/N=C/c3cc4cc(C)ccc4[nH]c3=O)c2=O)cc(OC)c1OC. The molecule has 0 radical (unpaired) electrons. The first-order valence-corrected chi connectivity index (χ1v) is 10.9. The Morgan fingerprint density at radius 3 is 2.43 bits per heavy atom. The molecule has 0 amide bonds. The van der Waals surface area contributed by atoms with Crippen molar-refractivity contribution in [2.75, 3.05) is 21.3 Å². The number of ether oxygens (including phenoxy) is 3. The number of benzene rings is 2. The molecule has 0 aliphatic rings. The van der Waals surface area contributed by atoms with Crippen LogP contribution < -0.4 is 25.3 Å². The van der Waals surface area contributed by atoms with Crippen LogP contribution in [0.25, 0.3) is 10.9 Å². The number of aryl methyl sites for hydroxylation is 1. The number of hydrogen-bond acceptors (Lipinski definition) is 8. The molecule has 10 nitrogen and oxygen atoms in total. The smallest absolute Gasteiger partial charge is 0.297 e. The van der Waals surface area contributed by atoms with Gasteiger partial charge in [0.25, 0.3) is 11.1 Å². The largest absolute Gasteiger partial charge is 0.493 e. The van der Waals surface area contributed by atoms with Crippen LogP contribution in [0, 0.1) is 11.7 Å². The molecular formula is C24H23N5O5S. The summed E-state index contributed by atoms with van der Waals surface area (Å²) >= 11 is 5.21. The van der Waals surface area contributed by atoms with E-state index in [0.29, 0.717) is 28.3 Å². The van der Waals surface area contributed by atoms with Gasteiger partial charge in [0.05, 0.1) is 33.1 Å². The summed E-state index contributed by atoms with van der Waals surface area (Å²) in [6.07, 6.45) is 1.45. The molecule has 0 unspecified atom stereocenters. The molecule has 0 aliphatic carbocycles. The lowest BCUT2D eigenvalue weighted by atomic mass is 10.1. The zero-order valence-electron chi connectivity index (χ0n) is 19.5. The van der Waals surface area contributed by atoms with Gasteiger partial charge in [0, 0.05) is 11.9 Å². The van der Waals surface area contributed by atoms with Crippen LogP contribution in [0.15, 0.2) is 51.1 Å².